The fourth-order valence-corrected chi connectivity index (χ4v) is 7.61. The van der Waals surface area contributed by atoms with Gasteiger partial charge in [0.2, 0.25) is 11.8 Å². The number of nitrogens with zero attached hydrogens (tertiary/aromatic N) is 5. The van der Waals surface area contributed by atoms with Crippen LogP contribution in [0.3, 0.4) is 0 Å². The molecule has 2 amide bonds. The summed E-state index contributed by atoms with van der Waals surface area (Å²) in [5.74, 6) is 2.16. The Balaban J connectivity index is 1.13. The predicted molar refractivity (Wildman–Crippen MR) is 188 cm³/mol. The Hall–Kier alpha value is -3.99. The molecule has 3 aromatic heterocycles. The van der Waals surface area contributed by atoms with Crippen molar-refractivity contribution in [2.75, 3.05) is 31.8 Å². The van der Waals surface area contributed by atoms with Crippen molar-refractivity contribution in [2.45, 2.75) is 109 Å². The molecule has 3 aliphatic rings. The van der Waals surface area contributed by atoms with E-state index in [1.807, 2.05) is 47.2 Å². The number of carbonyl (C=O) groups is 2. The molecule has 11 heteroatoms. The van der Waals surface area contributed by atoms with Crippen molar-refractivity contribution in [2.24, 2.45) is 11.8 Å². The van der Waals surface area contributed by atoms with Crippen molar-refractivity contribution >= 4 is 17.8 Å². The zero-order chi connectivity index (χ0) is 34.3. The lowest BCUT2D eigenvalue weighted by atomic mass is 9.78. The summed E-state index contributed by atoms with van der Waals surface area (Å²) in [6.45, 7) is 8.21. The van der Waals surface area contributed by atoms with Crippen LogP contribution in [0.1, 0.15) is 101 Å². The molecular weight excluding hydrogens is 620 g/mol. The minimum atomic E-state index is -0.360. The van der Waals surface area contributed by atoms with Gasteiger partial charge in [-0.15, -0.1) is 0 Å². The number of hydrogen-bond acceptors (Lipinski definition) is 8. The number of pyridine rings is 2. The average Bonchev–Trinajstić information content (AvgIpc) is 3.63. The number of alkyl carbamates (subject to hydrolysis) is 1. The molecule has 2 saturated carbocycles. The topological polar surface area (TPSA) is 121 Å². The number of ether oxygens (including phenoxy) is 3. The van der Waals surface area contributed by atoms with Gasteiger partial charge in [-0.05, 0) is 126 Å². The minimum absolute atomic E-state index is 0.0998. The summed E-state index contributed by atoms with van der Waals surface area (Å²) in [5, 5.41) is 7.53. The number of anilines is 1. The number of amides is 2. The van der Waals surface area contributed by atoms with E-state index in [1.165, 1.54) is 5.56 Å². The van der Waals surface area contributed by atoms with E-state index in [0.29, 0.717) is 69.0 Å². The van der Waals surface area contributed by atoms with Crippen LogP contribution in [0.4, 0.5) is 10.6 Å². The molecule has 4 heterocycles. The Morgan fingerprint density at radius 3 is 2.41 bits per heavy atom. The molecular formula is C38H52N6O5. The number of aryl methyl sites for hydroxylation is 1. The molecule has 49 heavy (non-hydrogen) atoms. The first-order valence-electron chi connectivity index (χ1n) is 18.1. The standard InChI is InChI=1S/C38H52N6O5/c1-25(2)44-24-32(22-41-44)30-13-16-39-35(20-30)43(23-27-5-7-28(8-6-27)31-19-26(3)36(47-4)40-21-31)37(45)29-9-11-34(12-10-29)49-38(46)42-33-14-17-48-18-15-33/h13,16,19-22,24-25,27-29,33-34H,5-12,14-15,17-18,23H2,1-4H3,(H,42,46). The summed E-state index contributed by atoms with van der Waals surface area (Å²) in [4.78, 5) is 38.2. The van der Waals surface area contributed by atoms with Crippen molar-refractivity contribution in [3.63, 3.8) is 0 Å². The molecule has 0 atom stereocenters. The lowest BCUT2D eigenvalue weighted by molar-refractivity contribution is -0.124. The second-order valence-corrected chi connectivity index (χ2v) is 14.4. The second-order valence-electron chi connectivity index (χ2n) is 14.4. The Kier molecular flexibility index (Phi) is 11.5. The molecule has 6 rings (SSSR count). The van der Waals surface area contributed by atoms with Crippen LogP contribution in [-0.2, 0) is 14.3 Å². The lowest BCUT2D eigenvalue weighted by Gasteiger charge is -2.35. The quantitative estimate of drug-likeness (QED) is 0.244. The molecule has 0 spiro atoms. The van der Waals surface area contributed by atoms with Crippen molar-refractivity contribution in [3.8, 4) is 17.0 Å². The highest BCUT2D eigenvalue weighted by atomic mass is 16.6. The zero-order valence-corrected chi connectivity index (χ0v) is 29.5. The van der Waals surface area contributed by atoms with Crippen molar-refractivity contribution in [3.05, 3.63) is 54.1 Å². The van der Waals surface area contributed by atoms with E-state index in [-0.39, 0.29) is 36.1 Å². The van der Waals surface area contributed by atoms with E-state index in [4.69, 9.17) is 19.2 Å². The van der Waals surface area contributed by atoms with Gasteiger partial charge in [-0.1, -0.05) is 0 Å². The van der Waals surface area contributed by atoms with Gasteiger partial charge in [0.1, 0.15) is 11.9 Å². The van der Waals surface area contributed by atoms with Crippen LogP contribution in [-0.4, -0.2) is 70.8 Å². The van der Waals surface area contributed by atoms with E-state index < -0.39 is 0 Å². The van der Waals surface area contributed by atoms with E-state index in [2.05, 4.69) is 35.3 Å². The summed E-state index contributed by atoms with van der Waals surface area (Å²) in [5.41, 5.74) is 4.32. The molecule has 0 radical (unpaired) electrons. The van der Waals surface area contributed by atoms with E-state index in [0.717, 1.165) is 55.2 Å². The highest BCUT2D eigenvalue weighted by Crippen LogP contribution is 2.38. The fraction of sp³-hybridized carbons (Fsp3) is 0.605. The number of aromatic nitrogens is 4. The molecule has 264 valence electrons. The summed E-state index contributed by atoms with van der Waals surface area (Å²) >= 11 is 0. The van der Waals surface area contributed by atoms with Gasteiger partial charge in [0.15, 0.2) is 0 Å². The third-order valence-corrected chi connectivity index (χ3v) is 10.6. The maximum Gasteiger partial charge on any atom is 0.407 e. The Labute approximate surface area is 290 Å². The average molecular weight is 673 g/mol. The van der Waals surface area contributed by atoms with Crippen LogP contribution in [0.15, 0.2) is 43.0 Å². The number of hydrogen-bond donors (Lipinski definition) is 1. The van der Waals surface area contributed by atoms with Gasteiger partial charge in [-0.3, -0.25) is 14.4 Å². The van der Waals surface area contributed by atoms with Gasteiger partial charge in [0, 0.05) is 67.5 Å². The molecule has 1 saturated heterocycles. The highest BCUT2D eigenvalue weighted by molar-refractivity contribution is 5.94. The van der Waals surface area contributed by atoms with Gasteiger partial charge >= 0.3 is 6.09 Å². The first-order valence-corrected chi connectivity index (χ1v) is 18.1. The van der Waals surface area contributed by atoms with Crippen molar-refractivity contribution in [1.82, 2.24) is 25.1 Å². The predicted octanol–water partition coefficient (Wildman–Crippen LogP) is 7.01. The first-order chi connectivity index (χ1) is 23.8. The molecule has 0 aromatic carbocycles. The number of nitrogens with one attached hydrogen (secondary N) is 1. The normalized spacial score (nSPS) is 23.2. The van der Waals surface area contributed by atoms with Crippen LogP contribution in [0.5, 0.6) is 5.88 Å². The summed E-state index contributed by atoms with van der Waals surface area (Å²) in [6, 6.07) is 6.58. The molecule has 2 aliphatic carbocycles. The van der Waals surface area contributed by atoms with Crippen molar-refractivity contribution in [1.29, 1.82) is 0 Å². The molecule has 3 aromatic rings. The van der Waals surface area contributed by atoms with E-state index >= 15 is 0 Å². The summed E-state index contributed by atoms with van der Waals surface area (Å²) < 4.78 is 18.5. The summed E-state index contributed by atoms with van der Waals surface area (Å²) in [7, 11) is 1.66. The van der Waals surface area contributed by atoms with E-state index in [1.54, 1.807) is 13.3 Å². The fourth-order valence-electron chi connectivity index (χ4n) is 7.61. The van der Waals surface area contributed by atoms with Crippen molar-refractivity contribution < 1.29 is 23.8 Å². The maximum absolute atomic E-state index is 14.4. The third kappa shape index (κ3) is 8.79. The minimum Gasteiger partial charge on any atom is -0.481 e. The third-order valence-electron chi connectivity index (χ3n) is 10.6. The van der Waals surface area contributed by atoms with Crippen LogP contribution in [0.2, 0.25) is 0 Å². The van der Waals surface area contributed by atoms with Crippen LogP contribution in [0.25, 0.3) is 11.1 Å². The Bertz CT molecular complexity index is 1550. The molecule has 3 fully saturated rings. The maximum atomic E-state index is 14.4. The molecule has 0 unspecified atom stereocenters. The SMILES string of the molecule is COc1ncc(C2CCC(CN(C(=O)C3CCC(OC(=O)NC4CCOCC4)CC3)c3cc(-c4cnn(C(C)C)c4)ccn3)CC2)cc1C. The van der Waals surface area contributed by atoms with Gasteiger partial charge < -0.3 is 19.5 Å². The number of methoxy groups -OCH3 is 1. The zero-order valence-electron chi connectivity index (χ0n) is 29.5. The molecule has 1 aliphatic heterocycles. The number of rotatable bonds is 10. The Morgan fingerprint density at radius 1 is 0.980 bits per heavy atom. The molecule has 11 nitrogen and oxygen atoms in total. The van der Waals surface area contributed by atoms with Crippen LogP contribution >= 0.6 is 0 Å². The van der Waals surface area contributed by atoms with Gasteiger partial charge in [0.05, 0.1) is 13.3 Å². The lowest BCUT2D eigenvalue weighted by Crippen LogP contribution is -2.43. The van der Waals surface area contributed by atoms with E-state index in [9.17, 15) is 9.59 Å². The largest absolute Gasteiger partial charge is 0.481 e. The van der Waals surface area contributed by atoms with Crippen LogP contribution in [0, 0.1) is 18.8 Å². The van der Waals surface area contributed by atoms with Gasteiger partial charge in [-0.25, -0.2) is 14.8 Å². The van der Waals surface area contributed by atoms with Gasteiger partial charge in [-0.2, -0.15) is 5.10 Å². The summed E-state index contributed by atoms with van der Waals surface area (Å²) in [6.07, 6.45) is 15.6. The molecule has 1 N–H and O–H groups in total. The second kappa shape index (κ2) is 16.1. The number of carbonyl (C=O) groups excluding carboxylic acids is 2. The highest BCUT2D eigenvalue weighted by Gasteiger charge is 2.34. The molecule has 0 bridgehead atoms. The Morgan fingerprint density at radius 2 is 1.73 bits per heavy atom. The van der Waals surface area contributed by atoms with Crippen LogP contribution < -0.4 is 15.0 Å². The smallest absolute Gasteiger partial charge is 0.407 e. The monoisotopic (exact) mass is 672 g/mol. The van der Waals surface area contributed by atoms with Gasteiger partial charge in [0.25, 0.3) is 0 Å². The first kappa shape index (κ1) is 34.9.